The molecule has 22 heavy (non-hydrogen) atoms. The molecule has 2 aromatic rings. The van der Waals surface area contributed by atoms with Gasteiger partial charge in [0.2, 0.25) is 0 Å². The third kappa shape index (κ3) is 3.37. The van der Waals surface area contributed by atoms with Crippen LogP contribution in [-0.2, 0) is 24.9 Å². The first-order chi connectivity index (χ1) is 10.3. The van der Waals surface area contributed by atoms with Crippen LogP contribution >= 0.6 is 22.9 Å². The van der Waals surface area contributed by atoms with Crippen LogP contribution in [0.4, 0.5) is 0 Å². The SMILES string of the molecule is Cc1cc(CN2CCc3nc(C(C)(C)C)sc3C2)ccc1Cl. The molecule has 0 bridgehead atoms. The average molecular weight is 335 g/mol. The number of hydrogen-bond donors (Lipinski definition) is 0. The van der Waals surface area contributed by atoms with Gasteiger partial charge in [0.1, 0.15) is 0 Å². The van der Waals surface area contributed by atoms with Gasteiger partial charge in [-0.2, -0.15) is 0 Å². The number of fused-ring (bicyclic) bond motifs is 1. The number of thiazole rings is 1. The van der Waals surface area contributed by atoms with Crippen molar-refractivity contribution in [3.8, 4) is 0 Å². The van der Waals surface area contributed by atoms with Crippen LogP contribution in [0.25, 0.3) is 0 Å². The van der Waals surface area contributed by atoms with Crippen molar-refractivity contribution in [3.05, 3.63) is 49.9 Å². The number of aromatic nitrogens is 1. The molecule has 0 aliphatic carbocycles. The fourth-order valence-electron chi connectivity index (χ4n) is 2.77. The van der Waals surface area contributed by atoms with Crippen LogP contribution in [0.3, 0.4) is 0 Å². The standard InChI is InChI=1S/C18H23ClN2S/c1-12-9-13(5-6-14(12)19)10-21-8-7-15-16(11-21)22-17(20-15)18(2,3)4/h5-6,9H,7-8,10-11H2,1-4H3. The van der Waals surface area contributed by atoms with E-state index in [0.717, 1.165) is 36.6 Å². The highest BCUT2D eigenvalue weighted by Crippen LogP contribution is 2.32. The molecule has 0 unspecified atom stereocenters. The van der Waals surface area contributed by atoms with E-state index in [9.17, 15) is 0 Å². The Hall–Kier alpha value is -0.900. The Labute approximate surface area is 142 Å². The van der Waals surface area contributed by atoms with E-state index < -0.39 is 0 Å². The van der Waals surface area contributed by atoms with Crippen LogP contribution in [0.5, 0.6) is 0 Å². The highest BCUT2D eigenvalue weighted by molar-refractivity contribution is 7.11. The molecule has 1 aromatic carbocycles. The summed E-state index contributed by atoms with van der Waals surface area (Å²) in [5.41, 5.74) is 3.97. The zero-order valence-electron chi connectivity index (χ0n) is 13.7. The molecule has 118 valence electrons. The number of rotatable bonds is 2. The van der Waals surface area contributed by atoms with E-state index in [1.807, 2.05) is 17.4 Å². The maximum absolute atomic E-state index is 6.12. The topological polar surface area (TPSA) is 16.1 Å². The first kappa shape index (κ1) is 16.0. The highest BCUT2D eigenvalue weighted by Gasteiger charge is 2.25. The summed E-state index contributed by atoms with van der Waals surface area (Å²) < 4.78 is 0. The van der Waals surface area contributed by atoms with Crippen molar-refractivity contribution in [3.63, 3.8) is 0 Å². The smallest absolute Gasteiger partial charge is 0.0985 e. The van der Waals surface area contributed by atoms with Gasteiger partial charge in [0.05, 0.1) is 10.7 Å². The van der Waals surface area contributed by atoms with E-state index in [1.54, 1.807) is 0 Å². The summed E-state index contributed by atoms with van der Waals surface area (Å²) in [6, 6.07) is 6.34. The van der Waals surface area contributed by atoms with E-state index in [1.165, 1.54) is 21.1 Å². The van der Waals surface area contributed by atoms with Crippen LogP contribution in [0.15, 0.2) is 18.2 Å². The second-order valence-corrected chi connectivity index (χ2v) is 8.67. The fraction of sp³-hybridized carbons (Fsp3) is 0.500. The van der Waals surface area contributed by atoms with Gasteiger partial charge >= 0.3 is 0 Å². The number of hydrogen-bond acceptors (Lipinski definition) is 3. The van der Waals surface area contributed by atoms with Crippen LogP contribution in [0.2, 0.25) is 5.02 Å². The second-order valence-electron chi connectivity index (χ2n) is 7.18. The van der Waals surface area contributed by atoms with Gasteiger partial charge in [0, 0.05) is 41.4 Å². The predicted octanol–water partition coefficient (Wildman–Crippen LogP) is 4.96. The molecule has 0 atom stereocenters. The maximum atomic E-state index is 6.12. The third-order valence-electron chi connectivity index (χ3n) is 4.08. The van der Waals surface area contributed by atoms with Gasteiger partial charge in [-0.05, 0) is 24.1 Å². The lowest BCUT2D eigenvalue weighted by molar-refractivity contribution is 0.247. The average Bonchev–Trinajstić information content (AvgIpc) is 2.86. The van der Waals surface area contributed by atoms with Gasteiger partial charge in [-0.1, -0.05) is 44.5 Å². The second kappa shape index (κ2) is 5.95. The van der Waals surface area contributed by atoms with Crippen molar-refractivity contribution in [2.45, 2.75) is 52.6 Å². The largest absolute Gasteiger partial charge is 0.294 e. The van der Waals surface area contributed by atoms with Crippen LogP contribution < -0.4 is 0 Å². The summed E-state index contributed by atoms with van der Waals surface area (Å²) in [5, 5.41) is 2.11. The van der Waals surface area contributed by atoms with E-state index in [4.69, 9.17) is 16.6 Å². The van der Waals surface area contributed by atoms with Crippen LogP contribution in [0.1, 0.15) is 47.5 Å². The molecule has 0 radical (unpaired) electrons. The van der Waals surface area contributed by atoms with Gasteiger partial charge in [-0.15, -0.1) is 11.3 Å². The van der Waals surface area contributed by atoms with Gasteiger partial charge in [0.15, 0.2) is 0 Å². The molecule has 2 nitrogen and oxygen atoms in total. The van der Waals surface area contributed by atoms with Crippen LogP contribution in [0, 0.1) is 6.92 Å². The Balaban J connectivity index is 1.74. The van der Waals surface area contributed by atoms with E-state index in [-0.39, 0.29) is 5.41 Å². The minimum atomic E-state index is 0.153. The predicted molar refractivity (Wildman–Crippen MR) is 94.8 cm³/mol. The molecular weight excluding hydrogens is 312 g/mol. The zero-order chi connectivity index (χ0) is 15.9. The molecule has 0 amide bonds. The Kier molecular flexibility index (Phi) is 4.32. The summed E-state index contributed by atoms with van der Waals surface area (Å²) in [4.78, 5) is 8.82. The monoisotopic (exact) mass is 334 g/mol. The van der Waals surface area contributed by atoms with Gasteiger partial charge < -0.3 is 0 Å². The molecule has 1 aliphatic heterocycles. The molecule has 0 N–H and O–H groups in total. The minimum absolute atomic E-state index is 0.153. The molecule has 0 saturated carbocycles. The minimum Gasteiger partial charge on any atom is -0.294 e. The molecule has 2 heterocycles. The third-order valence-corrected chi connectivity index (χ3v) is 6.01. The fourth-order valence-corrected chi connectivity index (χ4v) is 4.09. The normalized spacial score (nSPS) is 15.9. The van der Waals surface area contributed by atoms with Crippen molar-refractivity contribution in [1.82, 2.24) is 9.88 Å². The Bertz CT molecular complexity index is 685. The summed E-state index contributed by atoms with van der Waals surface area (Å²) in [6.07, 6.45) is 1.06. The van der Waals surface area contributed by atoms with Gasteiger partial charge in [0.25, 0.3) is 0 Å². The quantitative estimate of drug-likeness (QED) is 0.771. The molecule has 4 heteroatoms. The zero-order valence-corrected chi connectivity index (χ0v) is 15.3. The van der Waals surface area contributed by atoms with Crippen molar-refractivity contribution in [2.75, 3.05) is 6.54 Å². The van der Waals surface area contributed by atoms with E-state index >= 15 is 0 Å². The molecule has 0 saturated heterocycles. The summed E-state index contributed by atoms with van der Waals surface area (Å²) in [5.74, 6) is 0. The number of halogens is 1. The molecule has 0 fully saturated rings. The highest BCUT2D eigenvalue weighted by atomic mass is 35.5. The lowest BCUT2D eigenvalue weighted by Crippen LogP contribution is -2.29. The summed E-state index contributed by atoms with van der Waals surface area (Å²) in [7, 11) is 0. The molecule has 3 rings (SSSR count). The number of benzene rings is 1. The lowest BCUT2D eigenvalue weighted by Gasteiger charge is -2.26. The number of aryl methyl sites for hydroxylation is 1. The van der Waals surface area contributed by atoms with Crippen molar-refractivity contribution >= 4 is 22.9 Å². The van der Waals surface area contributed by atoms with Gasteiger partial charge in [-0.3, -0.25) is 4.90 Å². The summed E-state index contributed by atoms with van der Waals surface area (Å²) >= 11 is 8.00. The molecule has 1 aromatic heterocycles. The molecule has 0 spiro atoms. The molecule has 1 aliphatic rings. The van der Waals surface area contributed by atoms with Crippen molar-refractivity contribution < 1.29 is 0 Å². The van der Waals surface area contributed by atoms with Crippen molar-refractivity contribution in [2.24, 2.45) is 0 Å². The number of nitrogens with zero attached hydrogens (tertiary/aromatic N) is 2. The Morgan fingerprint density at radius 3 is 2.77 bits per heavy atom. The Morgan fingerprint density at radius 2 is 2.09 bits per heavy atom. The van der Waals surface area contributed by atoms with Crippen molar-refractivity contribution in [1.29, 1.82) is 0 Å². The van der Waals surface area contributed by atoms with Crippen LogP contribution in [-0.4, -0.2) is 16.4 Å². The Morgan fingerprint density at radius 1 is 1.32 bits per heavy atom. The summed E-state index contributed by atoms with van der Waals surface area (Å²) in [6.45, 7) is 11.9. The first-order valence-electron chi connectivity index (χ1n) is 7.79. The lowest BCUT2D eigenvalue weighted by atomic mass is 9.98. The maximum Gasteiger partial charge on any atom is 0.0985 e. The molecular formula is C18H23ClN2S. The van der Waals surface area contributed by atoms with Gasteiger partial charge in [-0.25, -0.2) is 4.98 Å². The van der Waals surface area contributed by atoms with E-state index in [0.29, 0.717) is 0 Å². The van der Waals surface area contributed by atoms with E-state index in [2.05, 4.69) is 44.7 Å². The first-order valence-corrected chi connectivity index (χ1v) is 8.99.